The van der Waals surface area contributed by atoms with Crippen LogP contribution >= 0.6 is 0 Å². The third kappa shape index (κ3) is 3.36. The standard InChI is InChI=1S/C11H16N2O6/c1-18-5-3-12-9(15)7-8(14)11(17)13(10(7)16)4-6-19-2/h7H,3-6H2,1-2H3,(H,12,15)/t7-/m1/s1. The number of likely N-dealkylation sites (tertiary alicyclic amines) is 1. The summed E-state index contributed by atoms with van der Waals surface area (Å²) >= 11 is 0. The number of nitrogens with zero attached hydrogens (tertiary/aromatic N) is 1. The lowest BCUT2D eigenvalue weighted by atomic mass is 10.1. The molecule has 0 aromatic carbocycles. The van der Waals surface area contributed by atoms with Gasteiger partial charge in [0.1, 0.15) is 0 Å². The monoisotopic (exact) mass is 272 g/mol. The van der Waals surface area contributed by atoms with Crippen LogP contribution in [0.2, 0.25) is 0 Å². The van der Waals surface area contributed by atoms with Crippen LogP contribution in [0, 0.1) is 5.92 Å². The molecular weight excluding hydrogens is 256 g/mol. The number of rotatable bonds is 7. The Morgan fingerprint density at radius 3 is 2.42 bits per heavy atom. The maximum Gasteiger partial charge on any atom is 0.298 e. The van der Waals surface area contributed by atoms with Gasteiger partial charge in [-0.1, -0.05) is 0 Å². The first-order chi connectivity index (χ1) is 9.04. The van der Waals surface area contributed by atoms with Crippen molar-refractivity contribution >= 4 is 23.5 Å². The van der Waals surface area contributed by atoms with Crippen LogP contribution in [0.15, 0.2) is 0 Å². The van der Waals surface area contributed by atoms with E-state index < -0.39 is 29.4 Å². The SMILES string of the molecule is COCCNC(=O)[C@H]1C(=O)C(=O)N(CCOC)C1=O. The molecule has 0 radical (unpaired) electrons. The number of hydrogen-bond acceptors (Lipinski definition) is 6. The lowest BCUT2D eigenvalue weighted by Gasteiger charge is -2.12. The van der Waals surface area contributed by atoms with Crippen LogP contribution in [0.3, 0.4) is 0 Å². The first-order valence-corrected chi connectivity index (χ1v) is 5.69. The fraction of sp³-hybridized carbons (Fsp3) is 0.636. The highest BCUT2D eigenvalue weighted by Gasteiger charge is 2.50. The van der Waals surface area contributed by atoms with E-state index >= 15 is 0 Å². The maximum atomic E-state index is 11.8. The number of ether oxygens (including phenoxy) is 2. The van der Waals surface area contributed by atoms with Gasteiger partial charge in [0.15, 0.2) is 5.92 Å². The molecule has 8 nitrogen and oxygen atoms in total. The molecule has 1 fully saturated rings. The summed E-state index contributed by atoms with van der Waals surface area (Å²) in [6.07, 6.45) is 0. The number of methoxy groups -OCH3 is 2. The zero-order valence-electron chi connectivity index (χ0n) is 10.8. The van der Waals surface area contributed by atoms with E-state index in [1.165, 1.54) is 14.2 Å². The molecule has 0 bridgehead atoms. The second kappa shape index (κ2) is 6.95. The first-order valence-electron chi connectivity index (χ1n) is 5.69. The minimum absolute atomic E-state index is 0.0399. The second-order valence-corrected chi connectivity index (χ2v) is 3.87. The average molecular weight is 272 g/mol. The summed E-state index contributed by atoms with van der Waals surface area (Å²) in [5.41, 5.74) is 0. The summed E-state index contributed by atoms with van der Waals surface area (Å²) < 4.78 is 9.46. The predicted octanol–water partition coefficient (Wildman–Crippen LogP) is -2.05. The quantitative estimate of drug-likeness (QED) is 0.248. The van der Waals surface area contributed by atoms with Crippen molar-refractivity contribution in [3.63, 3.8) is 0 Å². The van der Waals surface area contributed by atoms with E-state index in [4.69, 9.17) is 9.47 Å². The highest BCUT2D eigenvalue weighted by atomic mass is 16.5. The van der Waals surface area contributed by atoms with Crippen LogP contribution in [-0.2, 0) is 28.7 Å². The van der Waals surface area contributed by atoms with Crippen LogP contribution in [0.25, 0.3) is 0 Å². The molecular formula is C11H16N2O6. The van der Waals surface area contributed by atoms with E-state index in [0.717, 1.165) is 4.90 Å². The largest absolute Gasteiger partial charge is 0.383 e. The van der Waals surface area contributed by atoms with Crippen LogP contribution in [0.5, 0.6) is 0 Å². The Kier molecular flexibility index (Phi) is 5.58. The molecule has 1 saturated heterocycles. The second-order valence-electron chi connectivity index (χ2n) is 3.87. The van der Waals surface area contributed by atoms with Crippen molar-refractivity contribution in [1.29, 1.82) is 0 Å². The van der Waals surface area contributed by atoms with Crippen LogP contribution in [-0.4, -0.2) is 68.9 Å². The molecule has 19 heavy (non-hydrogen) atoms. The summed E-state index contributed by atoms with van der Waals surface area (Å²) in [7, 11) is 2.86. The maximum absolute atomic E-state index is 11.8. The molecule has 8 heteroatoms. The fourth-order valence-electron chi connectivity index (χ4n) is 1.63. The number of ketones is 1. The van der Waals surface area contributed by atoms with Gasteiger partial charge >= 0.3 is 0 Å². The topological polar surface area (TPSA) is 102 Å². The van der Waals surface area contributed by atoms with Crippen molar-refractivity contribution in [3.8, 4) is 0 Å². The summed E-state index contributed by atoms with van der Waals surface area (Å²) in [6, 6.07) is 0. The number of carbonyl (C=O) groups excluding carboxylic acids is 4. The van der Waals surface area contributed by atoms with Gasteiger partial charge < -0.3 is 14.8 Å². The minimum atomic E-state index is -1.58. The Morgan fingerprint density at radius 2 is 1.84 bits per heavy atom. The number of nitrogens with one attached hydrogen (secondary N) is 1. The molecule has 0 aromatic heterocycles. The van der Waals surface area contributed by atoms with Crippen LogP contribution in [0.1, 0.15) is 0 Å². The van der Waals surface area contributed by atoms with Gasteiger partial charge in [-0.3, -0.25) is 24.1 Å². The van der Waals surface area contributed by atoms with Gasteiger partial charge in [0, 0.05) is 20.8 Å². The van der Waals surface area contributed by atoms with E-state index in [1.807, 2.05) is 0 Å². The molecule has 0 aromatic rings. The van der Waals surface area contributed by atoms with Crippen molar-refractivity contribution in [2.45, 2.75) is 0 Å². The highest BCUT2D eigenvalue weighted by molar-refractivity contribution is 6.52. The first kappa shape index (κ1) is 15.3. The molecule has 0 spiro atoms. The third-order valence-corrected chi connectivity index (χ3v) is 2.62. The number of hydrogen-bond donors (Lipinski definition) is 1. The van der Waals surface area contributed by atoms with Gasteiger partial charge in [0.05, 0.1) is 19.8 Å². The van der Waals surface area contributed by atoms with Crippen molar-refractivity contribution in [2.24, 2.45) is 5.92 Å². The molecule has 3 amide bonds. The molecule has 0 saturated carbocycles. The lowest BCUT2D eigenvalue weighted by Crippen LogP contribution is -2.40. The zero-order chi connectivity index (χ0) is 14.4. The molecule has 1 N–H and O–H groups in total. The summed E-state index contributed by atoms with van der Waals surface area (Å²) in [5.74, 6) is -5.13. The average Bonchev–Trinajstić information content (AvgIpc) is 2.59. The van der Waals surface area contributed by atoms with E-state index in [2.05, 4.69) is 5.32 Å². The number of amides is 3. The Bertz CT molecular complexity index is 395. The molecule has 1 aliphatic rings. The summed E-state index contributed by atoms with van der Waals surface area (Å²) in [5, 5.41) is 2.37. The Labute approximate surface area is 110 Å². The highest BCUT2D eigenvalue weighted by Crippen LogP contribution is 2.16. The normalized spacial score (nSPS) is 19.2. The van der Waals surface area contributed by atoms with E-state index in [9.17, 15) is 19.2 Å². The van der Waals surface area contributed by atoms with Gasteiger partial charge in [-0.15, -0.1) is 0 Å². The molecule has 106 valence electrons. The molecule has 0 aliphatic carbocycles. The molecule has 1 heterocycles. The van der Waals surface area contributed by atoms with Crippen LogP contribution < -0.4 is 5.32 Å². The van der Waals surface area contributed by atoms with Gasteiger partial charge in [-0.05, 0) is 0 Å². The van der Waals surface area contributed by atoms with Crippen molar-refractivity contribution in [2.75, 3.05) is 40.5 Å². The van der Waals surface area contributed by atoms with E-state index in [1.54, 1.807) is 0 Å². The summed E-state index contributed by atoms with van der Waals surface area (Å²) in [6.45, 7) is 0.491. The minimum Gasteiger partial charge on any atom is -0.383 e. The number of carbonyl (C=O) groups is 4. The number of imide groups is 1. The van der Waals surface area contributed by atoms with Crippen molar-refractivity contribution < 1.29 is 28.7 Å². The lowest BCUT2D eigenvalue weighted by molar-refractivity contribution is -0.143. The van der Waals surface area contributed by atoms with Gasteiger partial charge in [0.25, 0.3) is 5.91 Å². The van der Waals surface area contributed by atoms with Crippen molar-refractivity contribution in [1.82, 2.24) is 10.2 Å². The molecule has 1 atom stereocenters. The predicted molar refractivity (Wildman–Crippen MR) is 62.0 cm³/mol. The fourth-order valence-corrected chi connectivity index (χ4v) is 1.63. The smallest absolute Gasteiger partial charge is 0.298 e. The van der Waals surface area contributed by atoms with Crippen LogP contribution in [0.4, 0.5) is 0 Å². The Morgan fingerprint density at radius 1 is 1.21 bits per heavy atom. The van der Waals surface area contributed by atoms with Gasteiger partial charge in [-0.25, -0.2) is 0 Å². The molecule has 0 unspecified atom stereocenters. The summed E-state index contributed by atoms with van der Waals surface area (Å²) in [4.78, 5) is 47.5. The van der Waals surface area contributed by atoms with Gasteiger partial charge in [0.2, 0.25) is 17.6 Å². The van der Waals surface area contributed by atoms with E-state index in [0.29, 0.717) is 0 Å². The Balaban J connectivity index is 2.69. The Hall–Kier alpha value is -1.80. The third-order valence-electron chi connectivity index (χ3n) is 2.62. The number of Topliss-reactive ketones (excluding diaryl/α,β-unsaturated/α-hetero) is 1. The van der Waals surface area contributed by atoms with E-state index in [-0.39, 0.29) is 26.3 Å². The van der Waals surface area contributed by atoms with Gasteiger partial charge in [-0.2, -0.15) is 0 Å². The zero-order valence-corrected chi connectivity index (χ0v) is 10.8. The molecule has 1 aliphatic heterocycles. The molecule has 1 rings (SSSR count). The van der Waals surface area contributed by atoms with Crippen molar-refractivity contribution in [3.05, 3.63) is 0 Å².